The van der Waals surface area contributed by atoms with Gasteiger partial charge in [-0.1, -0.05) is 0 Å². The number of hydrogen-bond acceptors (Lipinski definition) is 10. The van der Waals surface area contributed by atoms with Crippen LogP contribution in [0.5, 0.6) is 5.75 Å². The maximum Gasteiger partial charge on any atom is 0.434 e. The summed E-state index contributed by atoms with van der Waals surface area (Å²) in [6.45, 7) is 2.98. The summed E-state index contributed by atoms with van der Waals surface area (Å²) in [5.41, 5.74) is -0.515. The maximum atomic E-state index is 14.7. The molecule has 5 heterocycles. The number of hydrogen-bond donors (Lipinski definition) is 2. The van der Waals surface area contributed by atoms with Crippen molar-refractivity contribution in [2.75, 3.05) is 49.7 Å². The smallest absolute Gasteiger partial charge is 0.434 e. The van der Waals surface area contributed by atoms with Crippen LogP contribution in [0.25, 0.3) is 0 Å². The third kappa shape index (κ3) is 7.24. The van der Waals surface area contributed by atoms with Crippen LogP contribution in [-0.2, 0) is 21.1 Å². The van der Waals surface area contributed by atoms with Crippen LogP contribution in [0.1, 0.15) is 79.4 Å². The Hall–Kier alpha value is -4.53. The topological polar surface area (TPSA) is 135 Å². The summed E-state index contributed by atoms with van der Waals surface area (Å²) in [4.78, 5) is 46.8. The van der Waals surface area contributed by atoms with Crippen molar-refractivity contribution in [2.24, 2.45) is 17.8 Å². The van der Waals surface area contributed by atoms with Crippen molar-refractivity contribution < 1.29 is 32.2 Å². The molecule has 5 aliphatic rings. The van der Waals surface area contributed by atoms with Crippen LogP contribution in [0.2, 0.25) is 0 Å². The van der Waals surface area contributed by atoms with Crippen LogP contribution < -0.4 is 25.2 Å². The molecule has 8 rings (SSSR count). The van der Waals surface area contributed by atoms with Gasteiger partial charge in [0.05, 0.1) is 5.56 Å². The molecule has 2 unspecified atom stereocenters. The van der Waals surface area contributed by atoms with Crippen molar-refractivity contribution in [1.82, 2.24) is 30.6 Å². The maximum absolute atomic E-state index is 14.7. The van der Waals surface area contributed by atoms with Gasteiger partial charge in [0.2, 0.25) is 17.8 Å². The number of carbonyl (C=O) groups excluding carboxylic acids is 2. The van der Waals surface area contributed by atoms with E-state index in [0.717, 1.165) is 62.6 Å². The van der Waals surface area contributed by atoms with Gasteiger partial charge >= 0.3 is 6.18 Å². The summed E-state index contributed by atoms with van der Waals surface area (Å²) in [6.07, 6.45) is 6.24. The van der Waals surface area contributed by atoms with Crippen molar-refractivity contribution >= 4 is 29.4 Å². The predicted molar refractivity (Wildman–Crippen MR) is 189 cm³/mol. The third-order valence-electron chi connectivity index (χ3n) is 11.9. The van der Waals surface area contributed by atoms with Gasteiger partial charge in [0.15, 0.2) is 5.69 Å². The number of carbonyl (C=O) groups is 2. The molecular formula is C38H45F3N8O4. The molecule has 12 nitrogen and oxygen atoms in total. The first-order valence-corrected chi connectivity index (χ1v) is 18.7. The summed E-state index contributed by atoms with van der Waals surface area (Å²) in [7, 11) is 1.63. The van der Waals surface area contributed by atoms with Gasteiger partial charge in [-0.3, -0.25) is 9.59 Å². The lowest BCUT2D eigenvalue weighted by Gasteiger charge is -2.42. The van der Waals surface area contributed by atoms with Crippen molar-refractivity contribution in [3.63, 3.8) is 0 Å². The zero-order chi connectivity index (χ0) is 36.7. The Balaban J connectivity index is 1.00. The average Bonchev–Trinajstić information content (AvgIpc) is 3.46. The number of nitrogens with zero attached hydrogens (tertiary/aromatic N) is 6. The number of fused-ring (bicyclic) bond motifs is 4. The molecule has 2 N–H and O–H groups in total. The zero-order valence-corrected chi connectivity index (χ0v) is 29.8. The van der Waals surface area contributed by atoms with Crippen molar-refractivity contribution in [1.29, 1.82) is 0 Å². The van der Waals surface area contributed by atoms with Gasteiger partial charge in [0, 0.05) is 94.4 Å². The summed E-state index contributed by atoms with van der Waals surface area (Å²) in [5.74, 6) is 0.920. The summed E-state index contributed by atoms with van der Waals surface area (Å²) >= 11 is 0. The van der Waals surface area contributed by atoms with Gasteiger partial charge in [-0.25, -0.2) is 19.9 Å². The number of anilines is 3. The lowest BCUT2D eigenvalue weighted by atomic mass is 9.66. The van der Waals surface area contributed by atoms with E-state index in [1.807, 2.05) is 18.2 Å². The molecule has 1 spiro atoms. The molecule has 2 aliphatic carbocycles. The fraction of sp³-hybridized carbons (Fsp3) is 0.579. The fourth-order valence-electron chi connectivity index (χ4n) is 9.44. The van der Waals surface area contributed by atoms with Crippen LogP contribution in [0, 0.1) is 17.8 Å². The molecule has 15 heteroatoms. The van der Waals surface area contributed by atoms with E-state index in [1.54, 1.807) is 30.4 Å². The van der Waals surface area contributed by atoms with E-state index in [0.29, 0.717) is 57.1 Å². The highest BCUT2D eigenvalue weighted by molar-refractivity contribution is 5.95. The standard InChI is InChI=1S/C38H45F3N8O4/c1-42-33(50)25-16-23-15-24(17-25)19-26(18-23)46-34(51)29-21-45-36(47-32(29)38(39,40)41)49-22-37(7-13-52-14-8-37)30-20-28(3-4-31(30)49)53-27-5-11-48(12-6-27)35-43-9-2-10-44-35/h2-4,9-10,20-21,23-27H,5-8,11-19,22H2,1H3,(H,42,50)(H,46,51). The van der Waals surface area contributed by atoms with E-state index < -0.39 is 23.3 Å². The number of rotatable bonds is 7. The van der Waals surface area contributed by atoms with Crippen molar-refractivity contribution in [2.45, 2.75) is 81.5 Å². The first kappa shape index (κ1) is 35.5. The second kappa shape index (κ2) is 14.4. The van der Waals surface area contributed by atoms with E-state index in [4.69, 9.17) is 9.47 Å². The molecule has 2 saturated carbocycles. The minimum Gasteiger partial charge on any atom is -0.490 e. The molecule has 1 aromatic carbocycles. The van der Waals surface area contributed by atoms with Gasteiger partial charge in [0.25, 0.3) is 5.91 Å². The second-order valence-electron chi connectivity index (χ2n) is 15.3. The molecule has 282 valence electrons. The first-order valence-electron chi connectivity index (χ1n) is 18.7. The van der Waals surface area contributed by atoms with E-state index in [2.05, 4.69) is 35.5 Å². The minimum absolute atomic E-state index is 0.000200. The number of benzene rings is 1. The monoisotopic (exact) mass is 734 g/mol. The van der Waals surface area contributed by atoms with E-state index in [-0.39, 0.29) is 47.2 Å². The highest BCUT2D eigenvalue weighted by Crippen LogP contribution is 2.50. The van der Waals surface area contributed by atoms with Crippen LogP contribution in [0.3, 0.4) is 0 Å². The molecule has 2 bridgehead atoms. The Kier molecular flexibility index (Phi) is 9.62. The average molecular weight is 735 g/mol. The lowest BCUT2D eigenvalue weighted by molar-refractivity contribution is -0.141. The van der Waals surface area contributed by atoms with Gasteiger partial charge in [0.1, 0.15) is 11.9 Å². The van der Waals surface area contributed by atoms with Crippen molar-refractivity contribution in [3.8, 4) is 5.75 Å². The van der Waals surface area contributed by atoms with Gasteiger partial charge in [-0.2, -0.15) is 13.2 Å². The molecule has 2 saturated heterocycles. The number of aromatic nitrogens is 4. The zero-order valence-electron chi connectivity index (χ0n) is 29.8. The highest BCUT2D eigenvalue weighted by Gasteiger charge is 2.47. The number of piperidine rings is 1. The summed E-state index contributed by atoms with van der Waals surface area (Å²) in [6, 6.07) is 7.28. The second-order valence-corrected chi connectivity index (χ2v) is 15.3. The molecule has 4 fully saturated rings. The Morgan fingerprint density at radius 2 is 1.68 bits per heavy atom. The SMILES string of the molecule is CNC(=O)C1CC2CC(CC(NC(=O)c3cnc(N4CC5(CCOCC5)c5cc(OC6CCN(c7ncccn7)CC6)ccc54)nc3C(F)(F)F)C2)C1. The Bertz CT molecular complexity index is 1800. The first-order chi connectivity index (χ1) is 25.6. The van der Waals surface area contributed by atoms with Gasteiger partial charge in [-0.15, -0.1) is 0 Å². The predicted octanol–water partition coefficient (Wildman–Crippen LogP) is 5.20. The third-order valence-corrected chi connectivity index (χ3v) is 11.9. The summed E-state index contributed by atoms with van der Waals surface area (Å²) < 4.78 is 56.2. The normalized spacial score (nSPS) is 25.5. The molecule has 0 radical (unpaired) electrons. The number of alkyl halides is 3. The molecular weight excluding hydrogens is 689 g/mol. The molecule has 3 aromatic rings. The van der Waals surface area contributed by atoms with Crippen LogP contribution in [-0.4, -0.2) is 83.8 Å². The van der Waals surface area contributed by atoms with Crippen LogP contribution in [0.4, 0.5) is 30.8 Å². The Labute approximate surface area is 306 Å². The Morgan fingerprint density at radius 1 is 0.962 bits per heavy atom. The van der Waals surface area contributed by atoms with Crippen LogP contribution in [0.15, 0.2) is 42.9 Å². The molecule has 3 aliphatic heterocycles. The minimum atomic E-state index is -4.88. The van der Waals surface area contributed by atoms with E-state index in [1.165, 1.54) is 0 Å². The quantitative estimate of drug-likeness (QED) is 0.334. The van der Waals surface area contributed by atoms with Gasteiger partial charge in [-0.05, 0) is 86.6 Å². The Morgan fingerprint density at radius 3 is 2.36 bits per heavy atom. The van der Waals surface area contributed by atoms with Crippen molar-refractivity contribution in [3.05, 3.63) is 59.7 Å². The number of ether oxygens (including phenoxy) is 2. The molecule has 2 aromatic heterocycles. The van der Waals surface area contributed by atoms with Gasteiger partial charge < -0.3 is 29.9 Å². The van der Waals surface area contributed by atoms with Crippen LogP contribution >= 0.6 is 0 Å². The lowest BCUT2D eigenvalue weighted by Crippen LogP contribution is -2.45. The number of halogens is 3. The number of amides is 2. The largest absolute Gasteiger partial charge is 0.490 e. The molecule has 53 heavy (non-hydrogen) atoms. The molecule has 2 amide bonds. The summed E-state index contributed by atoms with van der Waals surface area (Å²) in [5, 5.41) is 5.60. The highest BCUT2D eigenvalue weighted by atomic mass is 19.4. The fourth-order valence-corrected chi connectivity index (χ4v) is 9.44. The number of nitrogens with one attached hydrogen (secondary N) is 2. The molecule has 2 atom stereocenters. The van der Waals surface area contributed by atoms with E-state index in [9.17, 15) is 22.8 Å². The van der Waals surface area contributed by atoms with E-state index >= 15 is 0 Å².